The van der Waals surface area contributed by atoms with Gasteiger partial charge in [0.25, 0.3) is 5.91 Å². The van der Waals surface area contributed by atoms with E-state index in [0.29, 0.717) is 0 Å². The van der Waals surface area contributed by atoms with Crippen molar-refractivity contribution in [1.82, 2.24) is 5.32 Å². The van der Waals surface area contributed by atoms with Gasteiger partial charge in [0.05, 0.1) is 0 Å². The summed E-state index contributed by atoms with van der Waals surface area (Å²) >= 11 is 0. The quantitative estimate of drug-likeness (QED) is 0.772. The van der Waals surface area contributed by atoms with Crippen LogP contribution in [-0.2, 0) is 4.79 Å². The van der Waals surface area contributed by atoms with Crippen molar-refractivity contribution in [2.45, 2.75) is 25.8 Å². The lowest BCUT2D eigenvalue weighted by atomic mass is 10.0. The highest BCUT2D eigenvalue weighted by atomic mass is 16.2. The first kappa shape index (κ1) is 17.8. The molecule has 4 N–H and O–H groups in total. The van der Waals surface area contributed by atoms with E-state index in [1.807, 2.05) is 42.5 Å². The second-order valence-electron chi connectivity index (χ2n) is 6.54. The number of nitrogens with one attached hydrogen (secondary N) is 2. The standard InChI is InChI=1S/C20H24N4O2/c1-14-13-16(9-10-17(14)24-11-5-6-12-24)22-18(19(25)23-20(21)26)15-7-3-2-4-8-15/h2-4,7-10,13,18,22H,5-6,11-12H2,1H3,(H3,21,23,25,26). The fourth-order valence-electron chi connectivity index (χ4n) is 3.36. The minimum atomic E-state index is -0.863. The van der Waals surface area contributed by atoms with E-state index in [2.05, 4.69) is 28.5 Å². The van der Waals surface area contributed by atoms with Crippen LogP contribution >= 0.6 is 0 Å². The Morgan fingerprint density at radius 1 is 1.08 bits per heavy atom. The van der Waals surface area contributed by atoms with E-state index in [0.717, 1.165) is 29.9 Å². The number of nitrogens with two attached hydrogens (primary N) is 1. The third kappa shape index (κ3) is 4.14. The van der Waals surface area contributed by atoms with E-state index >= 15 is 0 Å². The molecule has 136 valence electrons. The van der Waals surface area contributed by atoms with Crippen LogP contribution in [0.15, 0.2) is 48.5 Å². The molecule has 1 saturated heterocycles. The molecule has 0 aliphatic carbocycles. The van der Waals surface area contributed by atoms with E-state index in [1.54, 1.807) is 0 Å². The third-order valence-electron chi connectivity index (χ3n) is 4.60. The number of amides is 3. The zero-order valence-corrected chi connectivity index (χ0v) is 14.9. The van der Waals surface area contributed by atoms with Gasteiger partial charge in [0.2, 0.25) is 0 Å². The number of benzene rings is 2. The molecule has 3 amide bonds. The minimum Gasteiger partial charge on any atom is -0.371 e. The van der Waals surface area contributed by atoms with Gasteiger partial charge in [-0.3, -0.25) is 10.1 Å². The summed E-state index contributed by atoms with van der Waals surface area (Å²) in [7, 11) is 0. The molecule has 2 aromatic rings. The van der Waals surface area contributed by atoms with Crippen molar-refractivity contribution in [2.75, 3.05) is 23.3 Å². The molecule has 0 radical (unpaired) electrons. The second kappa shape index (κ2) is 7.91. The number of hydrogen-bond donors (Lipinski definition) is 3. The first-order valence-electron chi connectivity index (χ1n) is 8.82. The van der Waals surface area contributed by atoms with E-state index < -0.39 is 18.0 Å². The highest BCUT2D eigenvalue weighted by Gasteiger charge is 2.22. The topological polar surface area (TPSA) is 87.5 Å². The first-order chi connectivity index (χ1) is 12.5. The van der Waals surface area contributed by atoms with Gasteiger partial charge in [0.1, 0.15) is 6.04 Å². The average Bonchev–Trinajstić information content (AvgIpc) is 3.14. The molecule has 0 spiro atoms. The Kier molecular flexibility index (Phi) is 5.41. The molecule has 2 aromatic carbocycles. The molecule has 0 bridgehead atoms. The lowest BCUT2D eigenvalue weighted by Crippen LogP contribution is -2.40. The number of hydrogen-bond acceptors (Lipinski definition) is 4. The fourth-order valence-corrected chi connectivity index (χ4v) is 3.36. The van der Waals surface area contributed by atoms with Crippen molar-refractivity contribution in [3.05, 3.63) is 59.7 Å². The van der Waals surface area contributed by atoms with Crippen LogP contribution in [0.3, 0.4) is 0 Å². The van der Waals surface area contributed by atoms with Gasteiger partial charge in [-0.2, -0.15) is 0 Å². The molecule has 1 unspecified atom stereocenters. The number of urea groups is 1. The van der Waals surface area contributed by atoms with Crippen molar-refractivity contribution in [3.8, 4) is 0 Å². The first-order valence-corrected chi connectivity index (χ1v) is 8.82. The fraction of sp³-hybridized carbons (Fsp3) is 0.300. The Morgan fingerprint density at radius 3 is 2.38 bits per heavy atom. The second-order valence-corrected chi connectivity index (χ2v) is 6.54. The van der Waals surface area contributed by atoms with Crippen molar-refractivity contribution in [3.63, 3.8) is 0 Å². The molecular weight excluding hydrogens is 328 g/mol. The molecule has 6 nitrogen and oxygen atoms in total. The molecule has 1 aliphatic heterocycles. The number of rotatable bonds is 5. The number of primary amides is 1. The molecule has 3 rings (SSSR count). The van der Waals surface area contributed by atoms with Crippen molar-refractivity contribution < 1.29 is 9.59 Å². The molecule has 6 heteroatoms. The van der Waals surface area contributed by atoms with Gasteiger partial charge in [0, 0.05) is 24.5 Å². The van der Waals surface area contributed by atoms with Gasteiger partial charge in [-0.05, 0) is 49.1 Å². The number of carbonyl (C=O) groups excluding carboxylic acids is 2. The maximum absolute atomic E-state index is 12.4. The summed E-state index contributed by atoms with van der Waals surface area (Å²) in [6, 6.07) is 13.8. The lowest BCUT2D eigenvalue weighted by molar-refractivity contribution is -0.120. The average molecular weight is 352 g/mol. The molecule has 26 heavy (non-hydrogen) atoms. The maximum atomic E-state index is 12.4. The number of anilines is 2. The van der Waals surface area contributed by atoms with E-state index in [1.165, 1.54) is 18.5 Å². The molecule has 0 saturated carbocycles. The summed E-state index contributed by atoms with van der Waals surface area (Å²) in [5, 5.41) is 5.38. The van der Waals surface area contributed by atoms with E-state index in [-0.39, 0.29) is 0 Å². The van der Waals surface area contributed by atoms with Crippen LogP contribution in [0.5, 0.6) is 0 Å². The van der Waals surface area contributed by atoms with Crippen LogP contribution < -0.4 is 21.3 Å². The summed E-state index contributed by atoms with van der Waals surface area (Å²) in [4.78, 5) is 25.9. The van der Waals surface area contributed by atoms with Crippen LogP contribution in [0.1, 0.15) is 30.0 Å². The number of nitrogens with zero attached hydrogens (tertiary/aromatic N) is 1. The highest BCUT2D eigenvalue weighted by molar-refractivity contribution is 5.98. The Morgan fingerprint density at radius 2 is 1.77 bits per heavy atom. The zero-order valence-electron chi connectivity index (χ0n) is 14.9. The lowest BCUT2D eigenvalue weighted by Gasteiger charge is -2.23. The zero-order chi connectivity index (χ0) is 18.5. The summed E-state index contributed by atoms with van der Waals surface area (Å²) < 4.78 is 0. The highest BCUT2D eigenvalue weighted by Crippen LogP contribution is 2.28. The summed E-state index contributed by atoms with van der Waals surface area (Å²) in [5.41, 5.74) is 9.07. The monoisotopic (exact) mass is 352 g/mol. The Bertz CT molecular complexity index is 786. The molecule has 1 atom stereocenters. The number of imide groups is 1. The minimum absolute atomic E-state index is 0.482. The Hall–Kier alpha value is -3.02. The predicted molar refractivity (Wildman–Crippen MR) is 103 cm³/mol. The van der Waals surface area contributed by atoms with Crippen LogP contribution in [0.2, 0.25) is 0 Å². The largest absolute Gasteiger partial charge is 0.371 e. The van der Waals surface area contributed by atoms with Gasteiger partial charge in [0.15, 0.2) is 0 Å². The molecule has 1 aliphatic rings. The molecular formula is C20H24N4O2. The van der Waals surface area contributed by atoms with Crippen molar-refractivity contribution >= 4 is 23.3 Å². The smallest absolute Gasteiger partial charge is 0.318 e. The van der Waals surface area contributed by atoms with Crippen LogP contribution in [0.4, 0.5) is 16.2 Å². The SMILES string of the molecule is Cc1cc(NC(C(=O)NC(N)=O)c2ccccc2)ccc1N1CCCC1. The third-order valence-corrected chi connectivity index (χ3v) is 4.60. The number of aryl methyl sites for hydroxylation is 1. The van der Waals surface area contributed by atoms with Crippen LogP contribution in [0, 0.1) is 6.92 Å². The van der Waals surface area contributed by atoms with Gasteiger partial charge < -0.3 is 16.0 Å². The van der Waals surface area contributed by atoms with Gasteiger partial charge in [-0.15, -0.1) is 0 Å². The van der Waals surface area contributed by atoms with Gasteiger partial charge in [-0.25, -0.2) is 4.79 Å². The normalized spacial score (nSPS) is 14.7. The molecule has 1 fully saturated rings. The summed E-state index contributed by atoms with van der Waals surface area (Å²) in [5.74, 6) is -0.482. The number of carbonyl (C=O) groups is 2. The Balaban J connectivity index is 1.83. The van der Waals surface area contributed by atoms with E-state index in [4.69, 9.17) is 5.73 Å². The summed E-state index contributed by atoms with van der Waals surface area (Å²) in [6.45, 7) is 4.24. The van der Waals surface area contributed by atoms with Crippen LogP contribution in [-0.4, -0.2) is 25.0 Å². The summed E-state index contributed by atoms with van der Waals surface area (Å²) in [6.07, 6.45) is 2.45. The van der Waals surface area contributed by atoms with Crippen molar-refractivity contribution in [2.24, 2.45) is 5.73 Å². The van der Waals surface area contributed by atoms with Crippen molar-refractivity contribution in [1.29, 1.82) is 0 Å². The predicted octanol–water partition coefficient (Wildman–Crippen LogP) is 2.94. The molecule has 0 aromatic heterocycles. The Labute approximate surface area is 153 Å². The van der Waals surface area contributed by atoms with E-state index in [9.17, 15) is 9.59 Å². The molecule has 1 heterocycles. The van der Waals surface area contributed by atoms with Gasteiger partial charge >= 0.3 is 6.03 Å². The van der Waals surface area contributed by atoms with Gasteiger partial charge in [-0.1, -0.05) is 30.3 Å². The maximum Gasteiger partial charge on any atom is 0.318 e. The van der Waals surface area contributed by atoms with Crippen LogP contribution in [0.25, 0.3) is 0 Å².